The molecular formula is C15H16FN5O4. The highest BCUT2D eigenvalue weighted by Crippen LogP contribution is 2.19. The van der Waals surface area contributed by atoms with Crippen molar-refractivity contribution in [2.45, 2.75) is 13.0 Å². The number of hydroxylamine groups is 2. The van der Waals surface area contributed by atoms with Gasteiger partial charge in [0.05, 0.1) is 30.2 Å². The van der Waals surface area contributed by atoms with Crippen molar-refractivity contribution in [2.24, 2.45) is 0 Å². The quantitative estimate of drug-likeness (QED) is 0.873. The van der Waals surface area contributed by atoms with Crippen LogP contribution >= 0.6 is 0 Å². The maximum Gasteiger partial charge on any atom is 0.431 e. The zero-order valence-corrected chi connectivity index (χ0v) is 13.4. The molecule has 0 radical (unpaired) electrons. The largest absolute Gasteiger partial charge is 0.463 e. The Labute approximate surface area is 142 Å². The number of benzene rings is 1. The number of aromatic nitrogens is 3. The summed E-state index contributed by atoms with van der Waals surface area (Å²) >= 11 is 0. The molecule has 1 aromatic carbocycles. The molecule has 1 saturated heterocycles. The van der Waals surface area contributed by atoms with Crippen molar-refractivity contribution in [3.63, 3.8) is 0 Å². The molecule has 1 aliphatic rings. The first kappa shape index (κ1) is 16.8. The van der Waals surface area contributed by atoms with Crippen LogP contribution in [0.1, 0.15) is 17.3 Å². The molecule has 0 saturated carbocycles. The molecule has 1 fully saturated rings. The number of nitrogens with zero attached hydrogens (tertiary/aromatic N) is 5. The Morgan fingerprint density at radius 1 is 1.28 bits per heavy atom. The van der Waals surface area contributed by atoms with Crippen LogP contribution in [0.25, 0.3) is 5.69 Å². The third kappa shape index (κ3) is 3.58. The first-order valence-corrected chi connectivity index (χ1v) is 7.58. The fourth-order valence-electron chi connectivity index (χ4n) is 2.61. The lowest BCUT2D eigenvalue weighted by Crippen LogP contribution is -2.37. The fourth-order valence-corrected chi connectivity index (χ4v) is 2.61. The van der Waals surface area contributed by atoms with Gasteiger partial charge in [0.1, 0.15) is 11.9 Å². The molecule has 0 bridgehead atoms. The Morgan fingerprint density at radius 2 is 2.00 bits per heavy atom. The summed E-state index contributed by atoms with van der Waals surface area (Å²) in [7, 11) is 0. The highest BCUT2D eigenvalue weighted by molar-refractivity contribution is 5.97. The topological polar surface area (TPSA) is 101 Å². The highest BCUT2D eigenvalue weighted by atomic mass is 19.1. The van der Waals surface area contributed by atoms with E-state index in [1.54, 1.807) is 6.92 Å². The van der Waals surface area contributed by atoms with E-state index < -0.39 is 23.9 Å². The smallest absolute Gasteiger partial charge is 0.431 e. The molecular weight excluding hydrogens is 333 g/mol. The standard InChI is InChI=1S/C15H16FN5O4/c1-10-9-19(6-7-20(25-10)15(23)24)14(22)12-8-11(16)2-3-13(12)21-17-4-5-18-21/h2-5,8,10H,6-7,9H2,1H3,(H,23,24)/t10-/m0/s1. The maximum absolute atomic E-state index is 13.7. The molecule has 3 rings (SSSR count). The van der Waals surface area contributed by atoms with Crippen LogP contribution in [0.2, 0.25) is 0 Å². The van der Waals surface area contributed by atoms with E-state index in [4.69, 9.17) is 9.94 Å². The second-order valence-corrected chi connectivity index (χ2v) is 5.53. The van der Waals surface area contributed by atoms with Gasteiger partial charge in [-0.1, -0.05) is 0 Å². The van der Waals surface area contributed by atoms with Crippen LogP contribution < -0.4 is 0 Å². The van der Waals surface area contributed by atoms with Crippen molar-refractivity contribution < 1.29 is 23.9 Å². The van der Waals surface area contributed by atoms with Gasteiger partial charge in [0, 0.05) is 13.1 Å². The van der Waals surface area contributed by atoms with Crippen LogP contribution in [-0.2, 0) is 4.84 Å². The van der Waals surface area contributed by atoms with E-state index in [9.17, 15) is 14.0 Å². The van der Waals surface area contributed by atoms with E-state index in [-0.39, 0.29) is 25.2 Å². The number of rotatable bonds is 2. The van der Waals surface area contributed by atoms with Gasteiger partial charge in [-0.05, 0) is 25.1 Å². The van der Waals surface area contributed by atoms with Gasteiger partial charge in [0.2, 0.25) is 0 Å². The van der Waals surface area contributed by atoms with Crippen molar-refractivity contribution in [1.29, 1.82) is 0 Å². The summed E-state index contributed by atoms with van der Waals surface area (Å²) in [4.78, 5) is 31.9. The summed E-state index contributed by atoms with van der Waals surface area (Å²) in [6.45, 7) is 1.95. The van der Waals surface area contributed by atoms with Gasteiger partial charge < -0.3 is 10.0 Å². The maximum atomic E-state index is 13.7. The molecule has 1 atom stereocenters. The molecule has 0 aliphatic carbocycles. The van der Waals surface area contributed by atoms with Gasteiger partial charge in [-0.3, -0.25) is 9.63 Å². The van der Waals surface area contributed by atoms with Crippen molar-refractivity contribution in [3.05, 3.63) is 42.0 Å². The van der Waals surface area contributed by atoms with Gasteiger partial charge in [-0.25, -0.2) is 9.18 Å². The van der Waals surface area contributed by atoms with E-state index in [2.05, 4.69) is 10.2 Å². The highest BCUT2D eigenvalue weighted by Gasteiger charge is 2.29. The predicted octanol–water partition coefficient (Wildman–Crippen LogP) is 1.16. The molecule has 10 heteroatoms. The van der Waals surface area contributed by atoms with E-state index in [1.807, 2.05) is 0 Å². The Balaban J connectivity index is 1.90. The molecule has 9 nitrogen and oxygen atoms in total. The number of hydrogen-bond donors (Lipinski definition) is 1. The fraction of sp³-hybridized carbons (Fsp3) is 0.333. The Kier molecular flexibility index (Phi) is 4.61. The molecule has 25 heavy (non-hydrogen) atoms. The molecule has 1 aliphatic heterocycles. The molecule has 0 unspecified atom stereocenters. The number of amides is 2. The van der Waals surface area contributed by atoms with Crippen LogP contribution in [0.4, 0.5) is 9.18 Å². The average molecular weight is 349 g/mol. The predicted molar refractivity (Wildman–Crippen MR) is 82.5 cm³/mol. The van der Waals surface area contributed by atoms with Crippen LogP contribution in [0, 0.1) is 5.82 Å². The zero-order chi connectivity index (χ0) is 18.0. The number of carbonyl (C=O) groups excluding carboxylic acids is 1. The van der Waals surface area contributed by atoms with Gasteiger partial charge in [-0.2, -0.15) is 20.1 Å². The monoisotopic (exact) mass is 349 g/mol. The first-order chi connectivity index (χ1) is 12.0. The van der Waals surface area contributed by atoms with Crippen molar-refractivity contribution in [3.8, 4) is 5.69 Å². The molecule has 1 aromatic heterocycles. The van der Waals surface area contributed by atoms with Crippen LogP contribution in [-0.4, -0.2) is 67.8 Å². The summed E-state index contributed by atoms with van der Waals surface area (Å²) < 4.78 is 13.7. The van der Waals surface area contributed by atoms with E-state index in [1.165, 1.54) is 34.2 Å². The van der Waals surface area contributed by atoms with Gasteiger partial charge in [0.25, 0.3) is 5.91 Å². The minimum atomic E-state index is -1.23. The summed E-state index contributed by atoms with van der Waals surface area (Å²) in [6.07, 6.45) is 1.14. The van der Waals surface area contributed by atoms with Gasteiger partial charge in [-0.15, -0.1) is 0 Å². The number of halogens is 1. The van der Waals surface area contributed by atoms with E-state index in [0.717, 1.165) is 11.1 Å². The van der Waals surface area contributed by atoms with Crippen LogP contribution in [0.5, 0.6) is 0 Å². The summed E-state index contributed by atoms with van der Waals surface area (Å²) in [5, 5.41) is 17.8. The third-order valence-electron chi connectivity index (χ3n) is 3.68. The van der Waals surface area contributed by atoms with Crippen LogP contribution in [0.15, 0.2) is 30.6 Å². The lowest BCUT2D eigenvalue weighted by Gasteiger charge is -2.22. The van der Waals surface area contributed by atoms with Crippen molar-refractivity contribution >= 4 is 12.0 Å². The van der Waals surface area contributed by atoms with Crippen LogP contribution in [0.3, 0.4) is 0 Å². The van der Waals surface area contributed by atoms with Crippen molar-refractivity contribution in [1.82, 2.24) is 25.0 Å². The lowest BCUT2D eigenvalue weighted by atomic mass is 10.1. The van der Waals surface area contributed by atoms with Gasteiger partial charge >= 0.3 is 6.09 Å². The molecule has 0 spiro atoms. The Bertz CT molecular complexity index is 782. The average Bonchev–Trinajstić information content (AvgIpc) is 3.03. The molecule has 2 amide bonds. The summed E-state index contributed by atoms with van der Waals surface area (Å²) in [5.41, 5.74) is 0.427. The number of hydrogen-bond acceptors (Lipinski definition) is 5. The minimum absolute atomic E-state index is 0.00389. The summed E-state index contributed by atoms with van der Waals surface area (Å²) in [5.74, 6) is -1.01. The minimum Gasteiger partial charge on any atom is -0.463 e. The Hall–Kier alpha value is -3.01. The molecule has 2 aromatic rings. The number of carbonyl (C=O) groups is 2. The lowest BCUT2D eigenvalue weighted by molar-refractivity contribution is -0.153. The first-order valence-electron chi connectivity index (χ1n) is 7.58. The second kappa shape index (κ2) is 6.85. The Morgan fingerprint density at radius 3 is 2.68 bits per heavy atom. The third-order valence-corrected chi connectivity index (χ3v) is 3.68. The van der Waals surface area contributed by atoms with E-state index >= 15 is 0 Å². The zero-order valence-electron chi connectivity index (χ0n) is 13.4. The second-order valence-electron chi connectivity index (χ2n) is 5.53. The van der Waals surface area contributed by atoms with Crippen molar-refractivity contribution in [2.75, 3.05) is 19.6 Å². The van der Waals surface area contributed by atoms with Gasteiger partial charge in [0.15, 0.2) is 0 Å². The molecule has 1 N–H and O–H groups in total. The SMILES string of the molecule is C[C@H]1CN(C(=O)c2cc(F)ccc2-n2nccn2)CCN(C(=O)O)O1. The normalized spacial score (nSPS) is 18.1. The van der Waals surface area contributed by atoms with E-state index in [0.29, 0.717) is 5.69 Å². The summed E-state index contributed by atoms with van der Waals surface area (Å²) in [6, 6.07) is 3.76. The molecule has 132 valence electrons. The number of carboxylic acid groups (broad SMARTS) is 1. The molecule has 2 heterocycles.